The zero-order chi connectivity index (χ0) is 15.0. The number of hydrogen-bond acceptors (Lipinski definition) is 4. The molecule has 0 radical (unpaired) electrons. The molecule has 3 aromatic rings. The van der Waals surface area contributed by atoms with Gasteiger partial charge in [-0.05, 0) is 31.5 Å². The van der Waals surface area contributed by atoms with Crippen molar-refractivity contribution in [3.05, 3.63) is 62.0 Å². The van der Waals surface area contributed by atoms with Crippen molar-refractivity contribution in [2.45, 2.75) is 20.4 Å². The molecule has 108 valence electrons. The highest BCUT2D eigenvalue weighted by Crippen LogP contribution is 2.20. The van der Waals surface area contributed by atoms with Crippen LogP contribution in [0.15, 0.2) is 34.4 Å². The quantitative estimate of drug-likeness (QED) is 0.801. The summed E-state index contributed by atoms with van der Waals surface area (Å²) in [6, 6.07) is 7.25. The molecule has 3 rings (SSSR count). The first-order valence-corrected chi connectivity index (χ1v) is 7.77. The van der Waals surface area contributed by atoms with Gasteiger partial charge in [0.05, 0.1) is 12.2 Å². The molecule has 0 unspecified atom stereocenters. The third-order valence-corrected chi connectivity index (χ3v) is 4.47. The first-order chi connectivity index (χ1) is 10.0. The largest absolute Gasteiger partial charge is 0.379 e. The lowest BCUT2D eigenvalue weighted by molar-refractivity contribution is 0.965. The van der Waals surface area contributed by atoms with E-state index in [1.165, 1.54) is 11.3 Å². The number of aryl methyl sites for hydroxylation is 2. The highest BCUT2D eigenvalue weighted by Gasteiger charge is 2.07. The first kappa shape index (κ1) is 14.1. The van der Waals surface area contributed by atoms with Gasteiger partial charge in [0.2, 0.25) is 0 Å². The molecule has 0 bridgehead atoms. The van der Waals surface area contributed by atoms with Gasteiger partial charge in [-0.25, -0.2) is 4.98 Å². The molecule has 0 aliphatic heterocycles. The summed E-state index contributed by atoms with van der Waals surface area (Å²) in [4.78, 5) is 17.3. The molecule has 0 saturated carbocycles. The molecule has 0 spiro atoms. The lowest BCUT2D eigenvalue weighted by Gasteiger charge is -2.09. The number of anilines is 1. The maximum atomic E-state index is 12.1. The number of nitrogens with one attached hydrogen (secondary N) is 1. The molecule has 21 heavy (non-hydrogen) atoms. The Balaban J connectivity index is 1.88. The van der Waals surface area contributed by atoms with E-state index in [2.05, 4.69) is 10.3 Å². The third-order valence-electron chi connectivity index (χ3n) is 3.29. The average Bonchev–Trinajstić information content (AvgIpc) is 2.82. The molecule has 0 fully saturated rings. The second-order valence-corrected chi connectivity index (χ2v) is 6.17. The van der Waals surface area contributed by atoms with Crippen molar-refractivity contribution in [3.8, 4) is 0 Å². The van der Waals surface area contributed by atoms with Crippen LogP contribution < -0.4 is 10.9 Å². The van der Waals surface area contributed by atoms with Gasteiger partial charge < -0.3 is 5.32 Å². The van der Waals surface area contributed by atoms with Crippen molar-refractivity contribution in [3.63, 3.8) is 0 Å². The van der Waals surface area contributed by atoms with E-state index in [0.717, 1.165) is 27.6 Å². The Hall–Kier alpha value is -1.85. The molecule has 6 heteroatoms. The number of benzene rings is 1. The normalized spacial score (nSPS) is 11.0. The zero-order valence-electron chi connectivity index (χ0n) is 11.7. The Bertz CT molecular complexity index is 869. The van der Waals surface area contributed by atoms with Crippen LogP contribution in [0, 0.1) is 13.8 Å². The van der Waals surface area contributed by atoms with Gasteiger partial charge in [-0.2, -0.15) is 0 Å². The van der Waals surface area contributed by atoms with Gasteiger partial charge in [-0.3, -0.25) is 9.20 Å². The third kappa shape index (κ3) is 2.80. The van der Waals surface area contributed by atoms with Crippen LogP contribution in [0.3, 0.4) is 0 Å². The van der Waals surface area contributed by atoms with E-state index >= 15 is 0 Å². The minimum atomic E-state index is -0.0432. The van der Waals surface area contributed by atoms with E-state index in [1.807, 2.05) is 37.4 Å². The van der Waals surface area contributed by atoms with Crippen molar-refractivity contribution >= 4 is 33.6 Å². The fraction of sp³-hybridized carbons (Fsp3) is 0.200. The van der Waals surface area contributed by atoms with Gasteiger partial charge in [-0.1, -0.05) is 17.7 Å². The van der Waals surface area contributed by atoms with Crippen LogP contribution in [0.5, 0.6) is 0 Å². The van der Waals surface area contributed by atoms with Crippen LogP contribution in [0.1, 0.15) is 17.0 Å². The minimum Gasteiger partial charge on any atom is -0.379 e. The van der Waals surface area contributed by atoms with Crippen LogP contribution in [0.25, 0.3) is 4.96 Å². The standard InChI is InChI=1S/C15H14ClN3OS/c1-9-3-4-11(16)5-13(9)17-7-12-6-14(20)19-10(2)8-21-15(19)18-12/h3-6,8,17H,7H2,1-2H3. The molecule has 2 aromatic heterocycles. The van der Waals surface area contributed by atoms with E-state index in [0.29, 0.717) is 11.6 Å². The fourth-order valence-electron chi connectivity index (χ4n) is 2.16. The number of fused-ring (bicyclic) bond motifs is 1. The summed E-state index contributed by atoms with van der Waals surface area (Å²) >= 11 is 7.47. The second kappa shape index (κ2) is 5.50. The SMILES string of the molecule is Cc1ccc(Cl)cc1NCc1cc(=O)n2c(C)csc2n1. The van der Waals surface area contributed by atoms with Gasteiger partial charge in [0.15, 0.2) is 4.96 Å². The van der Waals surface area contributed by atoms with Crippen LogP contribution in [-0.2, 0) is 6.54 Å². The zero-order valence-corrected chi connectivity index (χ0v) is 13.3. The Morgan fingerprint density at radius 3 is 2.95 bits per heavy atom. The van der Waals surface area contributed by atoms with E-state index in [1.54, 1.807) is 10.5 Å². The summed E-state index contributed by atoms with van der Waals surface area (Å²) < 4.78 is 1.62. The predicted octanol–water partition coefficient (Wildman–Crippen LogP) is 3.64. The molecule has 2 heterocycles. The number of nitrogens with zero attached hydrogens (tertiary/aromatic N) is 2. The molecule has 1 aromatic carbocycles. The van der Waals surface area contributed by atoms with Crippen molar-refractivity contribution in [2.75, 3.05) is 5.32 Å². The predicted molar refractivity (Wildman–Crippen MR) is 87.6 cm³/mol. The minimum absolute atomic E-state index is 0.0432. The molecular weight excluding hydrogens is 306 g/mol. The lowest BCUT2D eigenvalue weighted by Crippen LogP contribution is -2.16. The molecule has 0 aliphatic carbocycles. The molecule has 4 nitrogen and oxygen atoms in total. The van der Waals surface area contributed by atoms with Crippen LogP contribution in [-0.4, -0.2) is 9.38 Å². The van der Waals surface area contributed by atoms with E-state index < -0.39 is 0 Å². The van der Waals surface area contributed by atoms with Gasteiger partial charge >= 0.3 is 0 Å². The van der Waals surface area contributed by atoms with E-state index in [4.69, 9.17) is 11.6 Å². The van der Waals surface area contributed by atoms with Crippen molar-refractivity contribution < 1.29 is 0 Å². The molecular formula is C15H14ClN3OS. The molecule has 0 aliphatic rings. The highest BCUT2D eigenvalue weighted by molar-refractivity contribution is 7.15. The Morgan fingerprint density at radius 2 is 2.14 bits per heavy atom. The summed E-state index contributed by atoms with van der Waals surface area (Å²) in [5, 5.41) is 5.89. The number of halogens is 1. The first-order valence-electron chi connectivity index (χ1n) is 6.51. The van der Waals surface area contributed by atoms with Gasteiger partial charge in [0, 0.05) is 27.9 Å². The second-order valence-electron chi connectivity index (χ2n) is 4.89. The van der Waals surface area contributed by atoms with Crippen LogP contribution >= 0.6 is 22.9 Å². The average molecular weight is 320 g/mol. The summed E-state index contributed by atoms with van der Waals surface area (Å²) in [7, 11) is 0. The topological polar surface area (TPSA) is 46.4 Å². The summed E-state index contributed by atoms with van der Waals surface area (Å²) in [6.45, 7) is 4.40. The maximum absolute atomic E-state index is 12.1. The Labute approximate surface area is 131 Å². The fourth-order valence-corrected chi connectivity index (χ4v) is 3.22. The van der Waals surface area contributed by atoms with Crippen molar-refractivity contribution in [1.82, 2.24) is 9.38 Å². The summed E-state index contributed by atoms with van der Waals surface area (Å²) in [5.74, 6) is 0. The smallest absolute Gasteiger partial charge is 0.259 e. The van der Waals surface area contributed by atoms with Gasteiger partial charge in [0.25, 0.3) is 5.56 Å². The van der Waals surface area contributed by atoms with Crippen LogP contribution in [0.2, 0.25) is 5.02 Å². The number of rotatable bonds is 3. The number of hydrogen-bond donors (Lipinski definition) is 1. The maximum Gasteiger partial charge on any atom is 0.259 e. The van der Waals surface area contributed by atoms with Crippen LogP contribution in [0.4, 0.5) is 5.69 Å². The highest BCUT2D eigenvalue weighted by atomic mass is 35.5. The molecule has 0 amide bonds. The van der Waals surface area contributed by atoms with Gasteiger partial charge in [-0.15, -0.1) is 11.3 Å². The van der Waals surface area contributed by atoms with Crippen molar-refractivity contribution in [2.24, 2.45) is 0 Å². The Kier molecular flexibility index (Phi) is 3.69. The number of aromatic nitrogens is 2. The summed E-state index contributed by atoms with van der Waals surface area (Å²) in [5.41, 5.74) is 3.65. The molecule has 1 N–H and O–H groups in total. The van der Waals surface area contributed by atoms with E-state index in [-0.39, 0.29) is 5.56 Å². The molecule has 0 atom stereocenters. The monoisotopic (exact) mass is 319 g/mol. The number of thiazole rings is 1. The van der Waals surface area contributed by atoms with Crippen molar-refractivity contribution in [1.29, 1.82) is 0 Å². The molecule has 0 saturated heterocycles. The summed E-state index contributed by atoms with van der Waals surface area (Å²) in [6.07, 6.45) is 0. The Morgan fingerprint density at radius 1 is 1.33 bits per heavy atom. The van der Waals surface area contributed by atoms with Gasteiger partial charge in [0.1, 0.15) is 0 Å². The van der Waals surface area contributed by atoms with E-state index in [9.17, 15) is 4.79 Å². The lowest BCUT2D eigenvalue weighted by atomic mass is 10.2.